The minimum atomic E-state index is -4.32. The zero-order valence-corrected chi connectivity index (χ0v) is 38.0. The van der Waals surface area contributed by atoms with Crippen LogP contribution in [-0.4, -0.2) is 73.4 Å². The molecule has 56 heavy (non-hydrogen) atoms. The van der Waals surface area contributed by atoms with Gasteiger partial charge in [-0.25, -0.2) is 4.57 Å². The molecule has 0 aromatic heterocycles. The van der Waals surface area contributed by atoms with E-state index < -0.39 is 20.0 Å². The van der Waals surface area contributed by atoms with Gasteiger partial charge < -0.3 is 19.8 Å². The number of nitrogens with zero attached hydrogens (tertiary/aromatic N) is 1. The SMILES string of the molecule is CC/C=C\C/C=C\C/C=C\C/C=C\CCCCCCC(=O)NC(COP(=O)(O)OCC[N+](C)(C)C)C(O)CCCCCCCCCCCCCCCCCCC. The standard InChI is InChI=1S/C47H89N2O6P/c1-6-8-10-12-14-16-18-20-22-24-26-28-30-32-34-36-38-40-46(50)45(44-55-56(52,53)54-43-42-49(3,4)5)48-47(51)41-39-37-35-33-31-29-27-25-23-21-19-17-15-13-11-9-7-2/h9,11,15,17,21,23,27,29,45-46,50H,6-8,10,12-14,16,18-20,22,24-26,28,30-44H2,1-5H3,(H-,48,51,52,53)/p+1/b11-9-,17-15-,23-21-,29-27-. The van der Waals surface area contributed by atoms with Crippen molar-refractivity contribution in [2.75, 3.05) is 40.9 Å². The molecule has 328 valence electrons. The Bertz CT molecular complexity index is 1050. The molecule has 0 heterocycles. The number of hydrogen-bond donors (Lipinski definition) is 3. The average Bonchev–Trinajstić information content (AvgIpc) is 3.15. The largest absolute Gasteiger partial charge is 0.472 e. The maximum Gasteiger partial charge on any atom is 0.472 e. The lowest BCUT2D eigenvalue weighted by molar-refractivity contribution is -0.870. The number of hydrogen-bond acceptors (Lipinski definition) is 5. The van der Waals surface area contributed by atoms with Crippen molar-refractivity contribution >= 4 is 13.7 Å². The molecule has 0 aliphatic heterocycles. The second kappa shape index (κ2) is 38.9. The summed E-state index contributed by atoms with van der Waals surface area (Å²) in [6.45, 7) is 4.75. The third kappa shape index (κ3) is 40.6. The Kier molecular flexibility index (Phi) is 37.9. The first-order valence-corrected chi connectivity index (χ1v) is 24.5. The molecule has 0 rings (SSSR count). The first kappa shape index (κ1) is 54.5. The van der Waals surface area contributed by atoms with E-state index in [9.17, 15) is 19.4 Å². The molecule has 3 atom stereocenters. The first-order chi connectivity index (χ1) is 27.0. The topological polar surface area (TPSA) is 105 Å². The summed E-state index contributed by atoms with van der Waals surface area (Å²) in [5, 5.41) is 14.0. The van der Waals surface area contributed by atoms with Crippen LogP contribution in [-0.2, 0) is 18.4 Å². The molecular formula is C47H90N2O6P+. The number of carbonyl (C=O) groups excluding carboxylic acids is 1. The molecule has 0 aromatic carbocycles. The fourth-order valence-corrected chi connectivity index (χ4v) is 7.18. The molecule has 1 amide bonds. The van der Waals surface area contributed by atoms with Gasteiger partial charge in [0.25, 0.3) is 0 Å². The number of likely N-dealkylation sites (N-methyl/N-ethyl adjacent to an activating group) is 1. The van der Waals surface area contributed by atoms with Crippen molar-refractivity contribution in [3.8, 4) is 0 Å². The third-order valence-corrected chi connectivity index (χ3v) is 11.1. The fraction of sp³-hybridized carbons (Fsp3) is 0.809. The predicted molar refractivity (Wildman–Crippen MR) is 240 cm³/mol. The zero-order valence-electron chi connectivity index (χ0n) is 37.1. The summed E-state index contributed by atoms with van der Waals surface area (Å²) in [7, 11) is 1.59. The Balaban J connectivity index is 4.40. The van der Waals surface area contributed by atoms with Crippen molar-refractivity contribution in [3.63, 3.8) is 0 Å². The minimum Gasteiger partial charge on any atom is -0.391 e. The van der Waals surface area contributed by atoms with Crippen LogP contribution >= 0.6 is 7.82 Å². The van der Waals surface area contributed by atoms with Gasteiger partial charge in [0.2, 0.25) is 5.91 Å². The van der Waals surface area contributed by atoms with Gasteiger partial charge in [-0.15, -0.1) is 0 Å². The van der Waals surface area contributed by atoms with Crippen molar-refractivity contribution < 1.29 is 32.9 Å². The summed E-state index contributed by atoms with van der Waals surface area (Å²) in [5.41, 5.74) is 0. The molecule has 0 aliphatic carbocycles. The lowest BCUT2D eigenvalue weighted by atomic mass is 10.0. The minimum absolute atomic E-state index is 0.0679. The Labute approximate surface area is 346 Å². The fourth-order valence-electron chi connectivity index (χ4n) is 6.45. The van der Waals surface area contributed by atoms with E-state index in [-0.39, 0.29) is 19.1 Å². The molecule has 0 radical (unpaired) electrons. The lowest BCUT2D eigenvalue weighted by Gasteiger charge is -2.26. The number of phosphoric acid groups is 1. The van der Waals surface area contributed by atoms with E-state index in [1.807, 2.05) is 21.1 Å². The number of aliphatic hydroxyl groups excluding tert-OH is 1. The van der Waals surface area contributed by atoms with Crippen molar-refractivity contribution in [1.29, 1.82) is 0 Å². The Morgan fingerprint density at radius 3 is 1.57 bits per heavy atom. The molecule has 3 unspecified atom stereocenters. The summed E-state index contributed by atoms with van der Waals surface area (Å²) in [6, 6.07) is -0.774. The molecule has 0 aliphatic rings. The number of amides is 1. The van der Waals surface area contributed by atoms with Gasteiger partial charge in [0.15, 0.2) is 0 Å². The van der Waals surface area contributed by atoms with Crippen molar-refractivity contribution in [3.05, 3.63) is 48.6 Å². The number of quaternary nitrogens is 1. The van der Waals surface area contributed by atoms with Crippen molar-refractivity contribution in [2.45, 2.75) is 206 Å². The van der Waals surface area contributed by atoms with E-state index in [0.29, 0.717) is 23.9 Å². The monoisotopic (exact) mass is 810 g/mol. The predicted octanol–water partition coefficient (Wildman–Crippen LogP) is 12.9. The van der Waals surface area contributed by atoms with Crippen molar-refractivity contribution in [1.82, 2.24) is 5.32 Å². The number of unbranched alkanes of at least 4 members (excludes halogenated alkanes) is 20. The number of allylic oxidation sites excluding steroid dienone is 8. The van der Waals surface area contributed by atoms with Crippen LogP contribution in [0.25, 0.3) is 0 Å². The van der Waals surface area contributed by atoms with E-state index >= 15 is 0 Å². The summed E-state index contributed by atoms with van der Waals surface area (Å²) in [5.74, 6) is -0.169. The number of nitrogens with one attached hydrogen (secondary N) is 1. The Morgan fingerprint density at radius 2 is 1.07 bits per heavy atom. The number of rotatable bonds is 41. The van der Waals surface area contributed by atoms with E-state index in [0.717, 1.165) is 77.0 Å². The zero-order chi connectivity index (χ0) is 41.4. The van der Waals surface area contributed by atoms with Crippen LogP contribution in [0.1, 0.15) is 194 Å². The normalized spacial score (nSPS) is 14.8. The molecule has 0 aromatic rings. The van der Waals surface area contributed by atoms with Crippen molar-refractivity contribution in [2.24, 2.45) is 0 Å². The number of phosphoric ester groups is 1. The van der Waals surface area contributed by atoms with E-state index in [1.54, 1.807) is 0 Å². The summed E-state index contributed by atoms with van der Waals surface area (Å²) >= 11 is 0. The van der Waals surface area contributed by atoms with Crippen LogP contribution < -0.4 is 5.32 Å². The highest BCUT2D eigenvalue weighted by atomic mass is 31.2. The van der Waals surface area contributed by atoms with Crippen LogP contribution in [0, 0.1) is 0 Å². The molecular weight excluding hydrogens is 719 g/mol. The molecule has 9 heteroatoms. The Hall–Kier alpha value is -1.54. The van der Waals surface area contributed by atoms with E-state index in [1.165, 1.54) is 89.9 Å². The highest BCUT2D eigenvalue weighted by Gasteiger charge is 2.28. The maximum absolute atomic E-state index is 12.9. The van der Waals surface area contributed by atoms with Gasteiger partial charge in [-0.05, 0) is 51.4 Å². The molecule has 0 bridgehead atoms. The third-order valence-electron chi connectivity index (χ3n) is 10.1. The molecule has 0 saturated heterocycles. The number of aliphatic hydroxyl groups is 1. The van der Waals surface area contributed by atoms with Crippen LogP contribution in [0.3, 0.4) is 0 Å². The van der Waals surface area contributed by atoms with Gasteiger partial charge in [0.1, 0.15) is 13.2 Å². The van der Waals surface area contributed by atoms with Gasteiger partial charge in [0, 0.05) is 6.42 Å². The molecule has 0 spiro atoms. The van der Waals surface area contributed by atoms with Crippen LogP contribution in [0.15, 0.2) is 48.6 Å². The number of carbonyl (C=O) groups is 1. The van der Waals surface area contributed by atoms with Gasteiger partial charge in [-0.2, -0.15) is 0 Å². The van der Waals surface area contributed by atoms with Crippen LogP contribution in [0.5, 0.6) is 0 Å². The summed E-state index contributed by atoms with van der Waals surface area (Å²) < 4.78 is 23.6. The first-order valence-electron chi connectivity index (χ1n) is 23.0. The lowest BCUT2D eigenvalue weighted by Crippen LogP contribution is -2.46. The summed E-state index contributed by atoms with van der Waals surface area (Å²) in [6.07, 6.45) is 48.5. The second-order valence-corrected chi connectivity index (χ2v) is 18.2. The summed E-state index contributed by atoms with van der Waals surface area (Å²) in [4.78, 5) is 23.2. The Morgan fingerprint density at radius 1 is 0.625 bits per heavy atom. The van der Waals surface area contributed by atoms with Crippen LogP contribution in [0.4, 0.5) is 0 Å². The highest BCUT2D eigenvalue weighted by Crippen LogP contribution is 2.43. The maximum atomic E-state index is 12.9. The molecule has 0 fully saturated rings. The van der Waals surface area contributed by atoms with Gasteiger partial charge in [-0.3, -0.25) is 13.8 Å². The smallest absolute Gasteiger partial charge is 0.391 e. The molecule has 0 saturated carbocycles. The van der Waals surface area contributed by atoms with Gasteiger partial charge in [0.05, 0.1) is 39.9 Å². The molecule has 8 nitrogen and oxygen atoms in total. The quantitative estimate of drug-likeness (QED) is 0.0246. The van der Waals surface area contributed by atoms with E-state index in [2.05, 4.69) is 67.8 Å². The van der Waals surface area contributed by atoms with Crippen LogP contribution in [0.2, 0.25) is 0 Å². The van der Waals surface area contributed by atoms with Gasteiger partial charge >= 0.3 is 7.82 Å². The van der Waals surface area contributed by atoms with E-state index in [4.69, 9.17) is 9.05 Å². The highest BCUT2D eigenvalue weighted by molar-refractivity contribution is 7.47. The second-order valence-electron chi connectivity index (χ2n) is 16.8. The molecule has 3 N–H and O–H groups in total. The average molecular weight is 810 g/mol. The van der Waals surface area contributed by atoms with Gasteiger partial charge in [-0.1, -0.05) is 184 Å².